The van der Waals surface area contributed by atoms with Gasteiger partial charge in [-0.05, 0) is 24.6 Å². The Morgan fingerprint density at radius 2 is 2.20 bits per heavy atom. The zero-order chi connectivity index (χ0) is 14.1. The number of nitrogens with zero attached hydrogens (tertiary/aromatic N) is 4. The predicted molar refractivity (Wildman–Crippen MR) is 73.0 cm³/mol. The lowest BCUT2D eigenvalue weighted by atomic mass is 10.1. The van der Waals surface area contributed by atoms with Crippen LogP contribution in [0.3, 0.4) is 0 Å². The van der Waals surface area contributed by atoms with Gasteiger partial charge >= 0.3 is 0 Å². The smallest absolute Gasteiger partial charge is 0.227 e. The summed E-state index contributed by atoms with van der Waals surface area (Å²) < 4.78 is 21.0. The monoisotopic (exact) mass is 276 g/mol. The van der Waals surface area contributed by atoms with E-state index in [9.17, 15) is 4.39 Å². The van der Waals surface area contributed by atoms with Crippen molar-refractivity contribution >= 4 is 5.95 Å². The number of morpholine rings is 1. The van der Waals surface area contributed by atoms with Crippen LogP contribution in [0.25, 0.3) is 0 Å². The van der Waals surface area contributed by atoms with Gasteiger partial charge in [0.05, 0.1) is 13.2 Å². The van der Waals surface area contributed by atoms with Crippen molar-refractivity contribution in [1.29, 1.82) is 0 Å². The first-order valence-electron chi connectivity index (χ1n) is 6.63. The van der Waals surface area contributed by atoms with E-state index >= 15 is 0 Å². The van der Waals surface area contributed by atoms with Gasteiger partial charge in [0.15, 0.2) is 0 Å². The summed E-state index contributed by atoms with van der Waals surface area (Å²) in [5.74, 6) is 1.46. The second-order valence-corrected chi connectivity index (χ2v) is 4.97. The van der Waals surface area contributed by atoms with Gasteiger partial charge in [-0.3, -0.25) is 0 Å². The molecule has 0 bridgehead atoms. The molecule has 0 spiro atoms. The van der Waals surface area contributed by atoms with Crippen molar-refractivity contribution in [1.82, 2.24) is 14.8 Å². The number of aryl methyl sites for hydroxylation is 1. The first-order valence-corrected chi connectivity index (χ1v) is 6.63. The molecule has 1 fully saturated rings. The molecule has 3 rings (SSSR count). The number of ether oxygens (including phenoxy) is 1. The molecule has 2 aromatic rings. The average Bonchev–Trinajstić information content (AvgIpc) is 2.79. The predicted octanol–water partition coefficient (Wildman–Crippen LogP) is 1.84. The summed E-state index contributed by atoms with van der Waals surface area (Å²) in [6, 6.07) is 6.56. The highest BCUT2D eigenvalue weighted by Crippen LogP contribution is 2.25. The molecule has 0 saturated carbocycles. The Morgan fingerprint density at radius 3 is 2.90 bits per heavy atom. The first kappa shape index (κ1) is 13.1. The fraction of sp³-hybridized carbons (Fsp3) is 0.429. The molecule has 106 valence electrons. The van der Waals surface area contributed by atoms with Gasteiger partial charge < -0.3 is 14.2 Å². The van der Waals surface area contributed by atoms with Gasteiger partial charge in [-0.1, -0.05) is 12.1 Å². The summed E-state index contributed by atoms with van der Waals surface area (Å²) in [5.41, 5.74) is 0.855. The van der Waals surface area contributed by atoms with Crippen molar-refractivity contribution in [2.24, 2.45) is 7.05 Å². The highest BCUT2D eigenvalue weighted by molar-refractivity contribution is 5.33. The van der Waals surface area contributed by atoms with Crippen molar-refractivity contribution in [3.05, 3.63) is 41.5 Å². The molecule has 1 aromatic carbocycles. The van der Waals surface area contributed by atoms with Gasteiger partial charge in [-0.25, -0.2) is 4.39 Å². The number of aromatic nitrogens is 3. The van der Waals surface area contributed by atoms with Crippen molar-refractivity contribution in [3.63, 3.8) is 0 Å². The van der Waals surface area contributed by atoms with Crippen LogP contribution in [0.5, 0.6) is 0 Å². The Hall–Kier alpha value is -1.95. The number of anilines is 1. The second-order valence-electron chi connectivity index (χ2n) is 4.97. The SMILES string of the molecule is Cc1nnc(N2CCOC(c3cccc(F)c3)C2)n1C. The molecular weight excluding hydrogens is 259 g/mol. The van der Waals surface area contributed by atoms with E-state index in [0.29, 0.717) is 13.2 Å². The average molecular weight is 276 g/mol. The Labute approximate surface area is 117 Å². The second kappa shape index (κ2) is 5.20. The molecular formula is C14H17FN4O. The van der Waals surface area contributed by atoms with Crippen LogP contribution >= 0.6 is 0 Å². The van der Waals surface area contributed by atoms with Gasteiger partial charge in [0.25, 0.3) is 0 Å². The number of halogens is 1. The van der Waals surface area contributed by atoms with E-state index in [1.165, 1.54) is 12.1 Å². The first-order chi connectivity index (χ1) is 9.65. The summed E-state index contributed by atoms with van der Waals surface area (Å²) in [6.07, 6.45) is -0.142. The maximum absolute atomic E-state index is 13.3. The molecule has 5 nitrogen and oxygen atoms in total. The van der Waals surface area contributed by atoms with E-state index in [1.54, 1.807) is 6.07 Å². The topological polar surface area (TPSA) is 43.2 Å². The lowest BCUT2D eigenvalue weighted by Crippen LogP contribution is -2.39. The Morgan fingerprint density at radius 1 is 1.35 bits per heavy atom. The molecule has 1 saturated heterocycles. The van der Waals surface area contributed by atoms with Crippen LogP contribution in [-0.4, -0.2) is 34.5 Å². The van der Waals surface area contributed by atoms with Crippen LogP contribution in [0.4, 0.5) is 10.3 Å². The maximum atomic E-state index is 13.3. The van der Waals surface area contributed by atoms with Gasteiger partial charge in [0, 0.05) is 13.6 Å². The molecule has 0 amide bonds. The molecule has 1 aliphatic rings. The number of hydrogen-bond acceptors (Lipinski definition) is 4. The van der Waals surface area contributed by atoms with Crippen LogP contribution in [0.2, 0.25) is 0 Å². The molecule has 2 heterocycles. The van der Waals surface area contributed by atoms with Crippen LogP contribution in [0, 0.1) is 12.7 Å². The highest BCUT2D eigenvalue weighted by Gasteiger charge is 2.25. The molecule has 20 heavy (non-hydrogen) atoms. The molecule has 1 aliphatic heterocycles. The van der Waals surface area contributed by atoms with E-state index in [4.69, 9.17) is 4.74 Å². The van der Waals surface area contributed by atoms with E-state index in [0.717, 1.165) is 23.9 Å². The fourth-order valence-electron chi connectivity index (χ4n) is 2.41. The van der Waals surface area contributed by atoms with Crippen molar-refractivity contribution in [3.8, 4) is 0 Å². The Kier molecular flexibility index (Phi) is 3.40. The lowest BCUT2D eigenvalue weighted by molar-refractivity contribution is 0.0388. The van der Waals surface area contributed by atoms with Gasteiger partial charge in [0.2, 0.25) is 5.95 Å². The molecule has 0 radical (unpaired) electrons. The van der Waals surface area contributed by atoms with E-state index < -0.39 is 0 Å². The van der Waals surface area contributed by atoms with Crippen LogP contribution in [0.15, 0.2) is 24.3 Å². The number of hydrogen-bond donors (Lipinski definition) is 0. The summed E-state index contributed by atoms with van der Waals surface area (Å²) in [6.45, 7) is 3.92. The summed E-state index contributed by atoms with van der Waals surface area (Å²) in [7, 11) is 1.94. The number of benzene rings is 1. The minimum atomic E-state index is -0.238. The minimum Gasteiger partial charge on any atom is -0.370 e. The zero-order valence-electron chi connectivity index (χ0n) is 11.6. The van der Waals surface area contributed by atoms with E-state index in [1.807, 2.05) is 24.6 Å². The van der Waals surface area contributed by atoms with Crippen molar-refractivity contribution < 1.29 is 9.13 Å². The molecule has 1 unspecified atom stereocenters. The van der Waals surface area contributed by atoms with Gasteiger partial charge in [-0.2, -0.15) is 0 Å². The van der Waals surface area contributed by atoms with Gasteiger partial charge in [0.1, 0.15) is 17.7 Å². The van der Waals surface area contributed by atoms with Crippen LogP contribution < -0.4 is 4.90 Å². The zero-order valence-corrected chi connectivity index (χ0v) is 11.6. The fourth-order valence-corrected chi connectivity index (χ4v) is 2.41. The molecule has 1 atom stereocenters. The third-order valence-electron chi connectivity index (χ3n) is 3.64. The number of rotatable bonds is 2. The van der Waals surface area contributed by atoms with Crippen LogP contribution in [0.1, 0.15) is 17.5 Å². The molecule has 0 aliphatic carbocycles. The summed E-state index contributed by atoms with van der Waals surface area (Å²) in [4.78, 5) is 2.12. The quantitative estimate of drug-likeness (QED) is 0.839. The standard InChI is InChI=1S/C14H17FN4O/c1-10-16-17-14(18(10)2)19-6-7-20-13(9-19)11-4-3-5-12(15)8-11/h3-5,8,13H,6-7,9H2,1-2H3. The largest absolute Gasteiger partial charge is 0.370 e. The Balaban J connectivity index is 1.82. The van der Waals surface area contributed by atoms with Crippen molar-refractivity contribution in [2.45, 2.75) is 13.0 Å². The third-order valence-corrected chi connectivity index (χ3v) is 3.64. The third kappa shape index (κ3) is 2.38. The summed E-state index contributed by atoms with van der Waals surface area (Å²) in [5, 5.41) is 8.27. The van der Waals surface area contributed by atoms with Crippen LogP contribution in [-0.2, 0) is 11.8 Å². The van der Waals surface area contributed by atoms with E-state index in [2.05, 4.69) is 15.1 Å². The normalized spacial score (nSPS) is 19.4. The van der Waals surface area contributed by atoms with Gasteiger partial charge in [-0.15, -0.1) is 10.2 Å². The summed E-state index contributed by atoms with van der Waals surface area (Å²) >= 11 is 0. The van der Waals surface area contributed by atoms with Crippen molar-refractivity contribution in [2.75, 3.05) is 24.6 Å². The lowest BCUT2D eigenvalue weighted by Gasteiger charge is -2.33. The Bertz CT molecular complexity index is 613. The highest BCUT2D eigenvalue weighted by atomic mass is 19.1. The van der Waals surface area contributed by atoms with E-state index in [-0.39, 0.29) is 11.9 Å². The molecule has 0 N–H and O–H groups in total. The maximum Gasteiger partial charge on any atom is 0.227 e. The minimum absolute atomic E-state index is 0.142. The molecule has 1 aromatic heterocycles. The molecule has 6 heteroatoms.